The van der Waals surface area contributed by atoms with Gasteiger partial charge in [0.15, 0.2) is 0 Å². The van der Waals surface area contributed by atoms with Crippen molar-refractivity contribution < 1.29 is 0 Å². The van der Waals surface area contributed by atoms with Crippen LogP contribution in [-0.2, 0) is 0 Å². The summed E-state index contributed by atoms with van der Waals surface area (Å²) in [5, 5.41) is 7.48. The molecular formula is C14H20BrN3. The largest absolute Gasteiger partial charge is 0.384 e. The first kappa shape index (κ1) is 13.4. The van der Waals surface area contributed by atoms with Crippen LogP contribution in [0.1, 0.15) is 31.7 Å². The molecule has 0 amide bonds. The van der Waals surface area contributed by atoms with Gasteiger partial charge >= 0.3 is 0 Å². The van der Waals surface area contributed by atoms with E-state index >= 15 is 0 Å². The molecule has 1 saturated heterocycles. The van der Waals surface area contributed by atoms with Gasteiger partial charge in [0.2, 0.25) is 0 Å². The van der Waals surface area contributed by atoms with Gasteiger partial charge in [-0.05, 0) is 52.9 Å². The minimum absolute atomic E-state index is 0.110. The Kier molecular flexibility index (Phi) is 4.27. The normalized spacial score (nSPS) is 19.2. The number of nitrogen functional groups attached to an aromatic ring is 1. The first-order valence-electron chi connectivity index (χ1n) is 6.50. The molecule has 1 atom stereocenters. The molecule has 1 unspecified atom stereocenters. The molecular weight excluding hydrogens is 290 g/mol. The number of amidine groups is 1. The lowest BCUT2D eigenvalue weighted by Gasteiger charge is -2.19. The van der Waals surface area contributed by atoms with E-state index in [1.165, 1.54) is 24.9 Å². The summed E-state index contributed by atoms with van der Waals surface area (Å²) in [5.74, 6) is 0.944. The summed E-state index contributed by atoms with van der Waals surface area (Å²) in [7, 11) is 0. The van der Waals surface area contributed by atoms with Crippen LogP contribution in [-0.4, -0.2) is 18.9 Å². The second-order valence-corrected chi connectivity index (χ2v) is 5.82. The maximum Gasteiger partial charge on any atom is 0.123 e. The van der Waals surface area contributed by atoms with Gasteiger partial charge in [-0.15, -0.1) is 0 Å². The third-order valence-corrected chi connectivity index (χ3v) is 4.25. The molecule has 1 aromatic rings. The van der Waals surface area contributed by atoms with Gasteiger partial charge in [-0.3, -0.25) is 5.41 Å². The van der Waals surface area contributed by atoms with Crippen LogP contribution in [0.5, 0.6) is 0 Å². The number of nitrogens with one attached hydrogen (secondary N) is 1. The zero-order valence-electron chi connectivity index (χ0n) is 10.7. The second kappa shape index (κ2) is 5.74. The van der Waals surface area contributed by atoms with E-state index < -0.39 is 0 Å². The van der Waals surface area contributed by atoms with Crippen molar-refractivity contribution in [1.82, 2.24) is 0 Å². The molecule has 2 rings (SSSR count). The van der Waals surface area contributed by atoms with E-state index in [0.29, 0.717) is 0 Å². The van der Waals surface area contributed by atoms with Gasteiger partial charge in [-0.25, -0.2) is 0 Å². The van der Waals surface area contributed by atoms with Gasteiger partial charge < -0.3 is 10.6 Å². The number of nitrogens with two attached hydrogens (primary N) is 1. The van der Waals surface area contributed by atoms with Crippen molar-refractivity contribution in [2.24, 2.45) is 11.7 Å². The van der Waals surface area contributed by atoms with E-state index in [2.05, 4.69) is 39.9 Å². The summed E-state index contributed by atoms with van der Waals surface area (Å²) in [6, 6.07) is 6.07. The van der Waals surface area contributed by atoms with E-state index in [9.17, 15) is 0 Å². The molecule has 98 valence electrons. The SMILES string of the molecule is CCCC1CCN(c2ccc(C(=N)N)c(Br)c2)C1. The summed E-state index contributed by atoms with van der Waals surface area (Å²) >= 11 is 3.49. The molecule has 0 aliphatic carbocycles. The summed E-state index contributed by atoms with van der Waals surface area (Å²) in [6.07, 6.45) is 3.88. The van der Waals surface area contributed by atoms with Gasteiger partial charge in [0.25, 0.3) is 0 Å². The first-order chi connectivity index (χ1) is 8.61. The highest BCUT2D eigenvalue weighted by Crippen LogP contribution is 2.29. The first-order valence-corrected chi connectivity index (χ1v) is 7.30. The Morgan fingerprint density at radius 3 is 2.94 bits per heavy atom. The fraction of sp³-hybridized carbons (Fsp3) is 0.500. The zero-order chi connectivity index (χ0) is 13.1. The number of benzene rings is 1. The monoisotopic (exact) mass is 309 g/mol. The third-order valence-electron chi connectivity index (χ3n) is 3.59. The number of rotatable bonds is 4. The van der Waals surface area contributed by atoms with Gasteiger partial charge in [0.1, 0.15) is 5.84 Å². The van der Waals surface area contributed by atoms with Crippen LogP contribution in [0.2, 0.25) is 0 Å². The molecule has 0 spiro atoms. The lowest BCUT2D eigenvalue weighted by molar-refractivity contribution is 0.530. The molecule has 0 aromatic heterocycles. The second-order valence-electron chi connectivity index (χ2n) is 4.97. The quantitative estimate of drug-likeness (QED) is 0.662. The van der Waals surface area contributed by atoms with Gasteiger partial charge in [-0.2, -0.15) is 0 Å². The summed E-state index contributed by atoms with van der Waals surface area (Å²) in [6.45, 7) is 4.54. The Bertz CT molecular complexity index is 445. The van der Waals surface area contributed by atoms with Crippen LogP contribution >= 0.6 is 15.9 Å². The van der Waals surface area contributed by atoms with Crippen LogP contribution in [0.4, 0.5) is 5.69 Å². The lowest BCUT2D eigenvalue weighted by Crippen LogP contribution is -2.20. The number of anilines is 1. The number of hydrogen-bond donors (Lipinski definition) is 2. The predicted octanol–water partition coefficient (Wildman–Crippen LogP) is 3.36. The van der Waals surface area contributed by atoms with Gasteiger partial charge in [0.05, 0.1) is 0 Å². The number of nitrogens with zero attached hydrogens (tertiary/aromatic N) is 1. The van der Waals surface area contributed by atoms with Crippen molar-refractivity contribution in [3.05, 3.63) is 28.2 Å². The van der Waals surface area contributed by atoms with Crippen LogP contribution in [0, 0.1) is 11.3 Å². The van der Waals surface area contributed by atoms with E-state index in [4.69, 9.17) is 11.1 Å². The van der Waals surface area contributed by atoms with E-state index in [1.807, 2.05) is 6.07 Å². The van der Waals surface area contributed by atoms with E-state index in [1.54, 1.807) is 0 Å². The van der Waals surface area contributed by atoms with Crippen molar-refractivity contribution in [2.75, 3.05) is 18.0 Å². The maximum atomic E-state index is 7.48. The Labute approximate surface area is 117 Å². The van der Waals surface area contributed by atoms with Crippen LogP contribution in [0.3, 0.4) is 0 Å². The fourth-order valence-electron chi connectivity index (χ4n) is 2.63. The molecule has 18 heavy (non-hydrogen) atoms. The highest BCUT2D eigenvalue weighted by molar-refractivity contribution is 9.10. The van der Waals surface area contributed by atoms with Crippen LogP contribution in [0.15, 0.2) is 22.7 Å². The van der Waals surface area contributed by atoms with Crippen molar-refractivity contribution >= 4 is 27.5 Å². The van der Waals surface area contributed by atoms with Crippen LogP contribution in [0.25, 0.3) is 0 Å². The molecule has 1 fully saturated rings. The molecule has 4 heteroatoms. The molecule has 0 radical (unpaired) electrons. The smallest absolute Gasteiger partial charge is 0.123 e. The Hall–Kier alpha value is -1.03. The van der Waals surface area contributed by atoms with Crippen molar-refractivity contribution in [3.8, 4) is 0 Å². The highest BCUT2D eigenvalue weighted by atomic mass is 79.9. The summed E-state index contributed by atoms with van der Waals surface area (Å²) in [4.78, 5) is 2.43. The minimum Gasteiger partial charge on any atom is -0.384 e. The van der Waals surface area contributed by atoms with Crippen molar-refractivity contribution in [1.29, 1.82) is 5.41 Å². The number of hydrogen-bond acceptors (Lipinski definition) is 2. The van der Waals surface area contributed by atoms with Gasteiger partial charge in [0, 0.05) is 28.8 Å². The van der Waals surface area contributed by atoms with Crippen molar-refractivity contribution in [2.45, 2.75) is 26.2 Å². The fourth-order valence-corrected chi connectivity index (χ4v) is 3.21. The lowest BCUT2D eigenvalue weighted by atomic mass is 10.0. The number of halogens is 1. The molecule has 1 aromatic carbocycles. The maximum absolute atomic E-state index is 7.48. The Balaban J connectivity index is 2.11. The molecule has 1 heterocycles. The zero-order valence-corrected chi connectivity index (χ0v) is 12.3. The third kappa shape index (κ3) is 2.86. The minimum atomic E-state index is 0.110. The summed E-state index contributed by atoms with van der Waals surface area (Å²) < 4.78 is 0.909. The molecule has 0 saturated carbocycles. The molecule has 3 nitrogen and oxygen atoms in total. The predicted molar refractivity (Wildman–Crippen MR) is 80.4 cm³/mol. The van der Waals surface area contributed by atoms with Gasteiger partial charge in [-0.1, -0.05) is 13.3 Å². The molecule has 1 aliphatic rings. The molecule has 0 bridgehead atoms. The topological polar surface area (TPSA) is 53.1 Å². The Morgan fingerprint density at radius 1 is 1.56 bits per heavy atom. The van der Waals surface area contributed by atoms with Crippen molar-refractivity contribution in [3.63, 3.8) is 0 Å². The van der Waals surface area contributed by atoms with E-state index in [0.717, 1.165) is 29.0 Å². The van der Waals surface area contributed by atoms with Crippen LogP contribution < -0.4 is 10.6 Å². The average molecular weight is 310 g/mol. The summed E-state index contributed by atoms with van der Waals surface area (Å²) in [5.41, 5.74) is 7.51. The molecule has 1 aliphatic heterocycles. The average Bonchev–Trinajstić information content (AvgIpc) is 2.77. The highest BCUT2D eigenvalue weighted by Gasteiger charge is 2.22. The van der Waals surface area contributed by atoms with E-state index in [-0.39, 0.29) is 5.84 Å². The Morgan fingerprint density at radius 2 is 2.33 bits per heavy atom. The molecule has 3 N–H and O–H groups in total. The standard InChI is InChI=1S/C14H20BrN3/c1-2-3-10-6-7-18(9-10)11-4-5-12(14(16)17)13(15)8-11/h4-5,8,10H,2-3,6-7,9H2,1H3,(H3,16,17).